The van der Waals surface area contributed by atoms with E-state index in [0.29, 0.717) is 16.3 Å². The molecule has 0 heterocycles. The van der Waals surface area contributed by atoms with Gasteiger partial charge in [0.25, 0.3) is 11.8 Å². The molecule has 0 saturated carbocycles. The molecule has 0 spiro atoms. The highest BCUT2D eigenvalue weighted by Gasteiger charge is 2.18. The van der Waals surface area contributed by atoms with Crippen LogP contribution in [0.2, 0.25) is 5.02 Å². The molecule has 2 rings (SSSR count). The first kappa shape index (κ1) is 21.3. The largest absolute Gasteiger partial charge is 0.483 e. The first-order chi connectivity index (χ1) is 12.6. The summed E-state index contributed by atoms with van der Waals surface area (Å²) >= 11 is 9.38. The smallest absolute Gasteiger partial charge is 0.276 e. The molecule has 2 aromatic rings. The number of halogens is 2. The Balaban J connectivity index is 1.89. The summed E-state index contributed by atoms with van der Waals surface area (Å²) in [6.45, 7) is 7.88. The van der Waals surface area contributed by atoms with E-state index in [1.165, 1.54) is 0 Å². The third kappa shape index (κ3) is 5.97. The third-order valence-electron chi connectivity index (χ3n) is 3.85. The van der Waals surface area contributed by atoms with Gasteiger partial charge in [0.1, 0.15) is 5.75 Å². The standard InChI is InChI=1S/C20H22BrClN2O3/c1-12-9-14(22)6-8-17(12)27-11-18(25)23-24-19(26)13-5-7-15(16(21)10-13)20(2,3)4/h5-10H,11H2,1-4H3,(H,23,25)(H,24,26). The van der Waals surface area contributed by atoms with Gasteiger partial charge in [0.15, 0.2) is 6.61 Å². The lowest BCUT2D eigenvalue weighted by atomic mass is 9.86. The Morgan fingerprint density at radius 3 is 2.41 bits per heavy atom. The molecule has 0 saturated heterocycles. The molecule has 0 aliphatic carbocycles. The molecule has 0 radical (unpaired) electrons. The summed E-state index contributed by atoms with van der Waals surface area (Å²) in [6.07, 6.45) is 0. The molecular weight excluding hydrogens is 432 g/mol. The van der Waals surface area contributed by atoms with E-state index in [9.17, 15) is 9.59 Å². The highest BCUT2D eigenvalue weighted by molar-refractivity contribution is 9.10. The van der Waals surface area contributed by atoms with Gasteiger partial charge in [-0.15, -0.1) is 0 Å². The van der Waals surface area contributed by atoms with E-state index in [0.717, 1.165) is 15.6 Å². The number of hydrogen-bond acceptors (Lipinski definition) is 3. The quantitative estimate of drug-likeness (QED) is 0.668. The topological polar surface area (TPSA) is 67.4 Å². The summed E-state index contributed by atoms with van der Waals surface area (Å²) in [5.41, 5.74) is 7.03. The SMILES string of the molecule is Cc1cc(Cl)ccc1OCC(=O)NNC(=O)c1ccc(C(C)(C)C)c(Br)c1. The minimum atomic E-state index is -0.469. The van der Waals surface area contributed by atoms with E-state index in [2.05, 4.69) is 47.6 Å². The summed E-state index contributed by atoms with van der Waals surface area (Å²) < 4.78 is 6.28. The summed E-state index contributed by atoms with van der Waals surface area (Å²) in [5.74, 6) is -0.321. The lowest BCUT2D eigenvalue weighted by Gasteiger charge is -2.21. The molecule has 2 N–H and O–H groups in total. The van der Waals surface area contributed by atoms with Crippen molar-refractivity contribution >= 4 is 39.3 Å². The van der Waals surface area contributed by atoms with Crippen molar-refractivity contribution in [1.29, 1.82) is 0 Å². The van der Waals surface area contributed by atoms with E-state index in [1.807, 2.05) is 13.0 Å². The Bertz CT molecular complexity index is 863. The number of carbonyl (C=O) groups excluding carboxylic acids is 2. The van der Waals surface area contributed by atoms with Gasteiger partial charge in [0.2, 0.25) is 0 Å². The fourth-order valence-corrected chi connectivity index (χ4v) is 3.62. The van der Waals surface area contributed by atoms with Gasteiger partial charge in [-0.2, -0.15) is 0 Å². The second-order valence-corrected chi connectivity index (χ2v) is 8.44. The van der Waals surface area contributed by atoms with Crippen LogP contribution < -0.4 is 15.6 Å². The van der Waals surface area contributed by atoms with Gasteiger partial charge in [-0.25, -0.2) is 0 Å². The summed E-state index contributed by atoms with van der Waals surface area (Å²) in [6, 6.07) is 10.5. The first-order valence-electron chi connectivity index (χ1n) is 8.36. The van der Waals surface area contributed by atoms with Crippen molar-refractivity contribution in [3.63, 3.8) is 0 Å². The first-order valence-corrected chi connectivity index (χ1v) is 9.53. The van der Waals surface area contributed by atoms with Crippen molar-refractivity contribution < 1.29 is 14.3 Å². The van der Waals surface area contributed by atoms with Crippen LogP contribution in [-0.4, -0.2) is 18.4 Å². The van der Waals surface area contributed by atoms with Crippen LogP contribution in [0, 0.1) is 6.92 Å². The molecule has 0 fully saturated rings. The molecule has 0 unspecified atom stereocenters. The van der Waals surface area contributed by atoms with E-state index in [1.54, 1.807) is 30.3 Å². The van der Waals surface area contributed by atoms with Gasteiger partial charge in [0.05, 0.1) is 0 Å². The number of hydrazine groups is 1. The van der Waals surface area contributed by atoms with Crippen molar-refractivity contribution in [2.24, 2.45) is 0 Å². The highest BCUT2D eigenvalue weighted by Crippen LogP contribution is 2.30. The number of hydrogen-bond donors (Lipinski definition) is 2. The summed E-state index contributed by atoms with van der Waals surface area (Å²) in [4.78, 5) is 24.1. The average molecular weight is 454 g/mol. The lowest BCUT2D eigenvalue weighted by Crippen LogP contribution is -2.43. The normalized spacial score (nSPS) is 11.0. The predicted octanol–water partition coefficient (Wildman–Crippen LogP) is 4.55. The summed E-state index contributed by atoms with van der Waals surface area (Å²) in [5, 5.41) is 0.597. The van der Waals surface area contributed by atoms with E-state index in [4.69, 9.17) is 16.3 Å². The van der Waals surface area contributed by atoms with Crippen LogP contribution in [0.15, 0.2) is 40.9 Å². The summed E-state index contributed by atoms with van der Waals surface area (Å²) in [7, 11) is 0. The monoisotopic (exact) mass is 452 g/mol. The Labute approximate surface area is 172 Å². The molecule has 5 nitrogen and oxygen atoms in total. The number of carbonyl (C=O) groups is 2. The molecule has 0 bridgehead atoms. The number of ether oxygens (including phenoxy) is 1. The fraction of sp³-hybridized carbons (Fsp3) is 0.300. The van der Waals surface area contributed by atoms with Gasteiger partial charge in [-0.1, -0.05) is 54.4 Å². The Hall–Kier alpha value is -2.05. The molecule has 0 aliphatic rings. The number of benzene rings is 2. The minimum Gasteiger partial charge on any atom is -0.483 e. The van der Waals surface area contributed by atoms with Gasteiger partial charge < -0.3 is 4.74 Å². The van der Waals surface area contributed by atoms with Crippen molar-refractivity contribution in [2.75, 3.05) is 6.61 Å². The number of rotatable bonds is 4. The van der Waals surface area contributed by atoms with Crippen LogP contribution in [0.25, 0.3) is 0 Å². The fourth-order valence-electron chi connectivity index (χ4n) is 2.42. The van der Waals surface area contributed by atoms with Crippen LogP contribution in [0.3, 0.4) is 0 Å². The third-order valence-corrected chi connectivity index (χ3v) is 4.74. The molecule has 27 heavy (non-hydrogen) atoms. The maximum Gasteiger partial charge on any atom is 0.276 e. The Morgan fingerprint density at radius 2 is 1.81 bits per heavy atom. The molecular formula is C20H22BrClN2O3. The van der Waals surface area contributed by atoms with Crippen LogP contribution in [-0.2, 0) is 10.2 Å². The van der Waals surface area contributed by atoms with Gasteiger partial charge in [0, 0.05) is 15.1 Å². The number of nitrogens with one attached hydrogen (secondary N) is 2. The van der Waals surface area contributed by atoms with Crippen LogP contribution in [0.1, 0.15) is 42.3 Å². The molecule has 0 atom stereocenters. The molecule has 2 amide bonds. The molecule has 7 heteroatoms. The second kappa shape index (κ2) is 8.76. The zero-order valence-corrected chi connectivity index (χ0v) is 18.0. The lowest BCUT2D eigenvalue weighted by molar-refractivity contribution is -0.123. The average Bonchev–Trinajstić information content (AvgIpc) is 2.57. The zero-order chi connectivity index (χ0) is 20.2. The van der Waals surface area contributed by atoms with E-state index >= 15 is 0 Å². The zero-order valence-electron chi connectivity index (χ0n) is 15.7. The van der Waals surface area contributed by atoms with E-state index in [-0.39, 0.29) is 12.0 Å². The van der Waals surface area contributed by atoms with Crippen LogP contribution in [0.4, 0.5) is 0 Å². The van der Waals surface area contributed by atoms with Crippen molar-refractivity contribution in [1.82, 2.24) is 10.9 Å². The minimum absolute atomic E-state index is 0.0425. The van der Waals surface area contributed by atoms with Crippen LogP contribution >= 0.6 is 27.5 Å². The maximum atomic E-state index is 12.2. The number of amides is 2. The van der Waals surface area contributed by atoms with Crippen molar-refractivity contribution in [3.8, 4) is 5.75 Å². The predicted molar refractivity (Wildman–Crippen MR) is 110 cm³/mol. The molecule has 2 aromatic carbocycles. The van der Waals surface area contributed by atoms with Gasteiger partial charge >= 0.3 is 0 Å². The van der Waals surface area contributed by atoms with E-state index < -0.39 is 11.8 Å². The number of aryl methyl sites for hydroxylation is 1. The molecule has 0 aliphatic heterocycles. The Kier molecular flexibility index (Phi) is 6.89. The maximum absolute atomic E-state index is 12.2. The second-order valence-electron chi connectivity index (χ2n) is 7.15. The Morgan fingerprint density at radius 1 is 1.11 bits per heavy atom. The van der Waals surface area contributed by atoms with Gasteiger partial charge in [-0.05, 0) is 53.8 Å². The molecule has 0 aromatic heterocycles. The van der Waals surface area contributed by atoms with Crippen LogP contribution in [0.5, 0.6) is 5.75 Å². The van der Waals surface area contributed by atoms with Crippen molar-refractivity contribution in [3.05, 3.63) is 62.6 Å². The van der Waals surface area contributed by atoms with Crippen molar-refractivity contribution in [2.45, 2.75) is 33.1 Å². The molecule has 144 valence electrons. The highest BCUT2D eigenvalue weighted by atomic mass is 79.9. The van der Waals surface area contributed by atoms with Gasteiger partial charge in [-0.3, -0.25) is 20.4 Å².